The molecule has 0 unspecified atom stereocenters. The molecule has 4 aliphatic rings. The number of esters is 1. The molecule has 31 heavy (non-hydrogen) atoms. The number of carbonyl (C=O) groups excluding carboxylic acids is 2. The molecule has 0 aromatic carbocycles. The van der Waals surface area contributed by atoms with Crippen LogP contribution >= 0.6 is 0 Å². The van der Waals surface area contributed by atoms with Gasteiger partial charge in [0.15, 0.2) is 11.6 Å². The summed E-state index contributed by atoms with van der Waals surface area (Å²) >= 11 is 0. The van der Waals surface area contributed by atoms with E-state index in [0.717, 1.165) is 5.57 Å². The summed E-state index contributed by atoms with van der Waals surface area (Å²) in [5, 5.41) is 22.6. The van der Waals surface area contributed by atoms with Crippen LogP contribution < -0.4 is 0 Å². The van der Waals surface area contributed by atoms with Crippen LogP contribution in [0.5, 0.6) is 0 Å². The fourth-order valence-corrected chi connectivity index (χ4v) is 6.85. The van der Waals surface area contributed by atoms with Crippen LogP contribution in [0.3, 0.4) is 0 Å². The van der Waals surface area contributed by atoms with Gasteiger partial charge in [-0.3, -0.25) is 9.59 Å². The summed E-state index contributed by atoms with van der Waals surface area (Å²) in [6, 6.07) is 0. The van der Waals surface area contributed by atoms with Crippen LogP contribution in [0.25, 0.3) is 0 Å². The smallest absolute Gasteiger partial charge is 0.302 e. The third-order valence-corrected chi connectivity index (χ3v) is 8.02. The van der Waals surface area contributed by atoms with Crippen LogP contribution in [0.2, 0.25) is 0 Å². The van der Waals surface area contributed by atoms with Gasteiger partial charge in [-0.25, -0.2) is 0 Å². The van der Waals surface area contributed by atoms with Crippen LogP contribution in [0.4, 0.5) is 0 Å². The van der Waals surface area contributed by atoms with E-state index in [0.29, 0.717) is 26.1 Å². The molecule has 7 heteroatoms. The molecular formula is C24H34O7. The second kappa shape index (κ2) is 7.24. The van der Waals surface area contributed by atoms with Crippen molar-refractivity contribution < 1.29 is 34.0 Å². The Balaban J connectivity index is 1.85. The highest BCUT2D eigenvalue weighted by Crippen LogP contribution is 2.69. The Kier molecular flexibility index (Phi) is 5.29. The van der Waals surface area contributed by atoms with Crippen molar-refractivity contribution in [2.75, 3.05) is 19.8 Å². The van der Waals surface area contributed by atoms with Crippen LogP contribution in [-0.2, 0) is 23.8 Å². The van der Waals surface area contributed by atoms with Crippen LogP contribution in [-0.4, -0.2) is 59.3 Å². The molecule has 0 spiro atoms. The van der Waals surface area contributed by atoms with Gasteiger partial charge in [0.1, 0.15) is 6.10 Å². The molecule has 0 radical (unpaired) electrons. The lowest BCUT2D eigenvalue weighted by Gasteiger charge is -2.45. The number of allylic oxidation sites excluding steroid dienone is 1. The van der Waals surface area contributed by atoms with Gasteiger partial charge in [-0.15, -0.1) is 0 Å². The van der Waals surface area contributed by atoms with E-state index < -0.39 is 52.0 Å². The first kappa shape index (κ1) is 22.6. The summed E-state index contributed by atoms with van der Waals surface area (Å²) in [7, 11) is 0. The van der Waals surface area contributed by atoms with Gasteiger partial charge in [-0.05, 0) is 30.4 Å². The SMILES string of the molecule is CC(=O)O[C@H]1[C@H]2CC(C)(C)/C(=C/CC3(C)OCCO3)[C@@]2(O)[C@H]2[C@H](CO)C(=O)C=C[C@@]12C. The van der Waals surface area contributed by atoms with Crippen molar-refractivity contribution in [3.8, 4) is 0 Å². The van der Waals surface area contributed by atoms with E-state index in [1.165, 1.54) is 13.0 Å². The summed E-state index contributed by atoms with van der Waals surface area (Å²) in [6.45, 7) is 9.96. The Bertz CT molecular complexity index is 837. The second-order valence-corrected chi connectivity index (χ2v) is 10.6. The molecule has 0 bridgehead atoms. The molecule has 1 heterocycles. The first-order valence-corrected chi connectivity index (χ1v) is 11.1. The third kappa shape index (κ3) is 3.24. The maximum Gasteiger partial charge on any atom is 0.302 e. The summed E-state index contributed by atoms with van der Waals surface area (Å²) in [5.74, 6) is -3.16. The van der Waals surface area contributed by atoms with Crippen molar-refractivity contribution in [1.82, 2.24) is 0 Å². The number of hydrogen-bond acceptors (Lipinski definition) is 7. The Labute approximate surface area is 183 Å². The maximum absolute atomic E-state index is 12.7. The number of aliphatic hydroxyl groups excluding tert-OH is 1. The topological polar surface area (TPSA) is 102 Å². The summed E-state index contributed by atoms with van der Waals surface area (Å²) in [6.07, 6.45) is 5.67. The molecule has 1 saturated heterocycles. The average Bonchev–Trinajstić information content (AvgIpc) is 3.24. The van der Waals surface area contributed by atoms with Crippen LogP contribution in [0.15, 0.2) is 23.8 Å². The average molecular weight is 435 g/mol. The second-order valence-electron chi connectivity index (χ2n) is 10.6. The minimum Gasteiger partial charge on any atom is -0.461 e. The minimum atomic E-state index is -1.40. The van der Waals surface area contributed by atoms with E-state index in [4.69, 9.17) is 14.2 Å². The molecule has 4 rings (SSSR count). The molecule has 2 saturated carbocycles. The van der Waals surface area contributed by atoms with E-state index in [2.05, 4.69) is 13.8 Å². The number of fused-ring (bicyclic) bond motifs is 3. The van der Waals surface area contributed by atoms with Gasteiger partial charge in [0.2, 0.25) is 0 Å². The molecule has 0 aromatic heterocycles. The Morgan fingerprint density at radius 3 is 2.48 bits per heavy atom. The Hall–Kier alpha value is -1.54. The highest BCUT2D eigenvalue weighted by molar-refractivity contribution is 5.93. The number of ether oxygens (including phenoxy) is 3. The van der Waals surface area contributed by atoms with Gasteiger partial charge in [-0.1, -0.05) is 32.9 Å². The van der Waals surface area contributed by atoms with Crippen molar-refractivity contribution in [2.45, 2.75) is 65.0 Å². The van der Waals surface area contributed by atoms with E-state index in [1.54, 1.807) is 6.08 Å². The molecule has 7 nitrogen and oxygen atoms in total. The highest BCUT2D eigenvalue weighted by Gasteiger charge is 2.74. The predicted octanol–water partition coefficient (Wildman–Crippen LogP) is 2.16. The fraction of sp³-hybridized carbons (Fsp3) is 0.750. The largest absolute Gasteiger partial charge is 0.461 e. The quantitative estimate of drug-likeness (QED) is 0.516. The molecule has 2 N–H and O–H groups in total. The van der Waals surface area contributed by atoms with E-state index >= 15 is 0 Å². The lowest BCUT2D eigenvalue weighted by atomic mass is 9.61. The number of hydrogen-bond donors (Lipinski definition) is 2. The lowest BCUT2D eigenvalue weighted by Crippen LogP contribution is -2.51. The maximum atomic E-state index is 12.7. The normalized spacial score (nSPS) is 43.8. The molecular weight excluding hydrogens is 400 g/mol. The fourth-order valence-electron chi connectivity index (χ4n) is 6.85. The molecule has 3 fully saturated rings. The standard InChI is InChI=1S/C24H34O7/c1-14(26)31-20-16-12-21(2,3)18(7-9-23(5)29-10-11-30-23)24(16,28)19-15(13-25)17(27)6-8-22(19,20)4/h6-8,15-16,19-20,25,28H,9-13H2,1-5H3/b18-7-/t15-,16-,19+,20+,22-,24-/m1/s1. The van der Waals surface area contributed by atoms with Crippen molar-refractivity contribution >= 4 is 11.8 Å². The summed E-state index contributed by atoms with van der Waals surface area (Å²) in [5.41, 5.74) is -1.76. The van der Waals surface area contributed by atoms with E-state index in [9.17, 15) is 19.8 Å². The summed E-state index contributed by atoms with van der Waals surface area (Å²) in [4.78, 5) is 24.7. The summed E-state index contributed by atoms with van der Waals surface area (Å²) < 4.78 is 17.3. The number of carbonyl (C=O) groups is 2. The molecule has 0 amide bonds. The molecule has 1 aliphatic heterocycles. The molecule has 172 valence electrons. The van der Waals surface area contributed by atoms with E-state index in [-0.39, 0.29) is 12.4 Å². The zero-order valence-electron chi connectivity index (χ0n) is 19.0. The predicted molar refractivity (Wildman–Crippen MR) is 112 cm³/mol. The monoisotopic (exact) mass is 434 g/mol. The number of aliphatic hydroxyl groups is 2. The lowest BCUT2D eigenvalue weighted by molar-refractivity contribution is -0.154. The van der Waals surface area contributed by atoms with E-state index in [1.807, 2.05) is 19.9 Å². The van der Waals surface area contributed by atoms with Gasteiger partial charge in [0, 0.05) is 30.6 Å². The molecule has 3 aliphatic carbocycles. The molecule has 0 aromatic rings. The van der Waals surface area contributed by atoms with Gasteiger partial charge in [0.05, 0.1) is 31.3 Å². The Morgan fingerprint density at radius 2 is 1.90 bits per heavy atom. The molecule has 6 atom stereocenters. The Morgan fingerprint density at radius 1 is 1.26 bits per heavy atom. The number of rotatable bonds is 4. The highest BCUT2D eigenvalue weighted by atomic mass is 16.7. The van der Waals surface area contributed by atoms with Gasteiger partial charge in [0.25, 0.3) is 0 Å². The van der Waals surface area contributed by atoms with Crippen molar-refractivity contribution in [2.24, 2.45) is 28.6 Å². The van der Waals surface area contributed by atoms with Crippen LogP contribution in [0, 0.1) is 28.6 Å². The first-order chi connectivity index (χ1) is 14.4. The minimum absolute atomic E-state index is 0.209. The third-order valence-electron chi connectivity index (χ3n) is 8.02. The zero-order chi connectivity index (χ0) is 22.8. The van der Waals surface area contributed by atoms with Crippen LogP contribution in [0.1, 0.15) is 47.5 Å². The van der Waals surface area contributed by atoms with Gasteiger partial charge < -0.3 is 24.4 Å². The van der Waals surface area contributed by atoms with Gasteiger partial charge in [-0.2, -0.15) is 0 Å². The van der Waals surface area contributed by atoms with Crippen molar-refractivity contribution in [3.63, 3.8) is 0 Å². The first-order valence-electron chi connectivity index (χ1n) is 11.1. The zero-order valence-corrected chi connectivity index (χ0v) is 19.0. The van der Waals surface area contributed by atoms with Crippen molar-refractivity contribution in [1.29, 1.82) is 0 Å². The van der Waals surface area contributed by atoms with Crippen molar-refractivity contribution in [3.05, 3.63) is 23.8 Å². The van der Waals surface area contributed by atoms with Gasteiger partial charge >= 0.3 is 5.97 Å². The number of ketones is 1.